The second-order valence-electron chi connectivity index (χ2n) is 9.73. The molecule has 2 aromatic carbocycles. The molecule has 2 N–H and O–H groups in total. The number of carbonyl (C=O) groups excluding carboxylic acids is 1. The van der Waals surface area contributed by atoms with Crippen molar-refractivity contribution in [1.82, 2.24) is 14.9 Å². The number of hydrogen-bond donors (Lipinski definition) is 2. The van der Waals surface area contributed by atoms with E-state index in [4.69, 9.17) is 9.72 Å². The molecule has 0 bridgehead atoms. The third-order valence-corrected chi connectivity index (χ3v) is 7.56. The molecule has 2 aliphatic heterocycles. The molecule has 4 heterocycles. The van der Waals surface area contributed by atoms with Crippen LogP contribution in [-0.2, 0) is 41.4 Å². The minimum atomic E-state index is -1.90. The quantitative estimate of drug-likeness (QED) is 0.357. The molecular weight excluding hydrogens is 473 g/mol. The molecule has 8 heteroatoms. The van der Waals surface area contributed by atoms with Crippen LogP contribution in [0.5, 0.6) is 0 Å². The number of carbonyl (C=O) groups is 1. The number of ether oxygens (including phenoxy) is 1. The minimum absolute atomic E-state index is 0.0683. The van der Waals surface area contributed by atoms with Gasteiger partial charge < -0.3 is 19.7 Å². The van der Waals surface area contributed by atoms with E-state index in [0.717, 1.165) is 22.1 Å². The van der Waals surface area contributed by atoms with Crippen molar-refractivity contribution in [2.24, 2.45) is 0 Å². The molecule has 37 heavy (non-hydrogen) atoms. The van der Waals surface area contributed by atoms with Crippen LogP contribution in [0.2, 0.25) is 0 Å². The standard InChI is InChI=1S/C29H26FN3O4/c1-3-29(36)22-10-25-26-20(14-33(25)27(34)21(22)15-37-28(29)35)19(13-31-12-17-7-5-4-6-8-17)18-9-16(2)23(30)11-24(18)32-26/h4-11,31,36H,3,12-15H2,1-2H3/t29-/m0/s1. The highest BCUT2D eigenvalue weighted by atomic mass is 19.1. The van der Waals surface area contributed by atoms with E-state index in [1.54, 1.807) is 30.5 Å². The summed E-state index contributed by atoms with van der Waals surface area (Å²) in [6, 6.07) is 14.9. The minimum Gasteiger partial charge on any atom is -0.458 e. The average molecular weight is 500 g/mol. The molecule has 0 saturated carbocycles. The topological polar surface area (TPSA) is 93.5 Å². The van der Waals surface area contributed by atoms with Crippen molar-refractivity contribution in [3.8, 4) is 11.4 Å². The van der Waals surface area contributed by atoms with Gasteiger partial charge in [0.15, 0.2) is 5.60 Å². The Kier molecular flexibility index (Phi) is 5.47. The second kappa shape index (κ2) is 8.61. The van der Waals surface area contributed by atoms with E-state index < -0.39 is 11.6 Å². The van der Waals surface area contributed by atoms with Crippen LogP contribution in [0, 0.1) is 12.7 Å². The molecule has 0 unspecified atom stereocenters. The van der Waals surface area contributed by atoms with E-state index in [-0.39, 0.29) is 42.1 Å². The Labute approximate surface area is 212 Å². The first kappa shape index (κ1) is 23.5. The van der Waals surface area contributed by atoms with Gasteiger partial charge >= 0.3 is 5.97 Å². The summed E-state index contributed by atoms with van der Waals surface area (Å²) in [6.07, 6.45) is 0.0683. The number of aryl methyl sites for hydroxylation is 1. The van der Waals surface area contributed by atoms with Gasteiger partial charge in [-0.15, -0.1) is 0 Å². The summed E-state index contributed by atoms with van der Waals surface area (Å²) in [5.41, 5.74) is 3.33. The molecule has 2 aliphatic rings. The average Bonchev–Trinajstić information content (AvgIpc) is 3.26. The smallest absolute Gasteiger partial charge is 0.343 e. The van der Waals surface area contributed by atoms with Crippen LogP contribution in [0.25, 0.3) is 22.3 Å². The predicted octanol–water partition coefficient (Wildman–Crippen LogP) is 3.82. The van der Waals surface area contributed by atoms with Gasteiger partial charge in [-0.1, -0.05) is 37.3 Å². The van der Waals surface area contributed by atoms with Gasteiger partial charge in [0, 0.05) is 35.7 Å². The van der Waals surface area contributed by atoms with Crippen molar-refractivity contribution in [3.05, 3.63) is 98.1 Å². The number of benzene rings is 2. The summed E-state index contributed by atoms with van der Waals surface area (Å²) in [7, 11) is 0. The van der Waals surface area contributed by atoms with Crippen LogP contribution in [0.1, 0.15) is 46.7 Å². The van der Waals surface area contributed by atoms with E-state index in [9.17, 15) is 19.1 Å². The number of nitrogens with zero attached hydrogens (tertiary/aromatic N) is 2. The number of pyridine rings is 2. The molecule has 2 aromatic heterocycles. The maximum atomic E-state index is 14.6. The van der Waals surface area contributed by atoms with E-state index in [1.807, 2.05) is 30.3 Å². The number of halogens is 1. The zero-order chi connectivity index (χ0) is 25.9. The molecule has 0 aliphatic carbocycles. The van der Waals surface area contributed by atoms with Crippen LogP contribution in [-0.4, -0.2) is 20.6 Å². The lowest BCUT2D eigenvalue weighted by Crippen LogP contribution is -2.44. The Hall–Kier alpha value is -3.88. The fraction of sp³-hybridized carbons (Fsp3) is 0.276. The first-order chi connectivity index (χ1) is 17.8. The highest BCUT2D eigenvalue weighted by Crippen LogP contribution is 2.40. The van der Waals surface area contributed by atoms with Gasteiger partial charge in [0.1, 0.15) is 12.4 Å². The number of hydrogen-bond acceptors (Lipinski definition) is 6. The monoisotopic (exact) mass is 499 g/mol. The first-order valence-corrected chi connectivity index (χ1v) is 12.3. The third kappa shape index (κ3) is 3.59. The fourth-order valence-electron chi connectivity index (χ4n) is 5.42. The number of cyclic esters (lactones) is 1. The summed E-state index contributed by atoms with van der Waals surface area (Å²) in [4.78, 5) is 30.8. The van der Waals surface area contributed by atoms with Crippen molar-refractivity contribution in [1.29, 1.82) is 0 Å². The fourth-order valence-corrected chi connectivity index (χ4v) is 5.42. The number of aromatic nitrogens is 2. The van der Waals surface area contributed by atoms with Gasteiger partial charge in [0.25, 0.3) is 5.56 Å². The van der Waals surface area contributed by atoms with Gasteiger partial charge in [-0.2, -0.15) is 0 Å². The Morgan fingerprint density at radius 2 is 1.92 bits per heavy atom. The molecule has 0 amide bonds. The lowest BCUT2D eigenvalue weighted by Gasteiger charge is -2.31. The normalized spacial score (nSPS) is 17.9. The molecule has 6 rings (SSSR count). The second-order valence-corrected chi connectivity index (χ2v) is 9.73. The number of esters is 1. The predicted molar refractivity (Wildman–Crippen MR) is 136 cm³/mol. The van der Waals surface area contributed by atoms with Crippen LogP contribution in [0.3, 0.4) is 0 Å². The van der Waals surface area contributed by atoms with Crippen LogP contribution in [0.4, 0.5) is 4.39 Å². The Morgan fingerprint density at radius 3 is 2.68 bits per heavy atom. The third-order valence-electron chi connectivity index (χ3n) is 7.56. The summed E-state index contributed by atoms with van der Waals surface area (Å²) >= 11 is 0. The van der Waals surface area contributed by atoms with Crippen molar-refractivity contribution in [3.63, 3.8) is 0 Å². The highest BCUT2D eigenvalue weighted by Gasteiger charge is 2.45. The molecule has 0 spiro atoms. The molecule has 0 radical (unpaired) electrons. The zero-order valence-corrected chi connectivity index (χ0v) is 20.6. The number of aliphatic hydroxyl groups is 1. The lowest BCUT2D eigenvalue weighted by molar-refractivity contribution is -0.172. The molecule has 0 fully saturated rings. The van der Waals surface area contributed by atoms with Crippen molar-refractivity contribution in [2.75, 3.05) is 0 Å². The van der Waals surface area contributed by atoms with Gasteiger partial charge in [-0.25, -0.2) is 14.2 Å². The lowest BCUT2D eigenvalue weighted by atomic mass is 9.86. The van der Waals surface area contributed by atoms with Gasteiger partial charge in [0.2, 0.25) is 0 Å². The summed E-state index contributed by atoms with van der Waals surface area (Å²) in [6.45, 7) is 4.63. The van der Waals surface area contributed by atoms with Gasteiger partial charge in [0.05, 0.1) is 29.0 Å². The van der Waals surface area contributed by atoms with Crippen LogP contribution in [0.15, 0.2) is 53.3 Å². The van der Waals surface area contributed by atoms with E-state index in [1.165, 1.54) is 6.07 Å². The van der Waals surface area contributed by atoms with Crippen molar-refractivity contribution < 1.29 is 19.0 Å². The van der Waals surface area contributed by atoms with Crippen LogP contribution < -0.4 is 10.9 Å². The van der Waals surface area contributed by atoms with Gasteiger partial charge in [-0.3, -0.25) is 4.79 Å². The number of fused-ring (bicyclic) bond motifs is 5. The molecular formula is C29H26FN3O4. The number of nitrogens with one attached hydrogen (secondary N) is 1. The Morgan fingerprint density at radius 1 is 1.14 bits per heavy atom. The summed E-state index contributed by atoms with van der Waals surface area (Å²) in [5.74, 6) is -1.12. The molecule has 7 nitrogen and oxygen atoms in total. The van der Waals surface area contributed by atoms with Crippen LogP contribution >= 0.6 is 0 Å². The highest BCUT2D eigenvalue weighted by molar-refractivity contribution is 5.89. The largest absolute Gasteiger partial charge is 0.458 e. The van der Waals surface area contributed by atoms with Gasteiger partial charge in [-0.05, 0) is 42.2 Å². The van der Waals surface area contributed by atoms with Crippen molar-refractivity contribution in [2.45, 2.75) is 52.1 Å². The molecule has 1 atom stereocenters. The van der Waals surface area contributed by atoms with E-state index in [2.05, 4.69) is 5.32 Å². The zero-order valence-electron chi connectivity index (χ0n) is 20.6. The molecule has 188 valence electrons. The summed E-state index contributed by atoms with van der Waals surface area (Å²) in [5, 5.41) is 15.4. The molecule has 0 saturated heterocycles. The molecule has 4 aromatic rings. The van der Waals surface area contributed by atoms with Crippen molar-refractivity contribution >= 4 is 16.9 Å². The van der Waals surface area contributed by atoms with E-state index >= 15 is 0 Å². The SMILES string of the molecule is CC[C@@]1(O)C(=O)OCc2c1cc1n(c2=O)Cc2c-1nc1cc(F)c(C)cc1c2CNCc1ccccc1. The Bertz CT molecular complexity index is 1650. The maximum Gasteiger partial charge on any atom is 0.343 e. The number of rotatable bonds is 5. The maximum absolute atomic E-state index is 14.6. The summed E-state index contributed by atoms with van der Waals surface area (Å²) < 4.78 is 21.4. The van der Waals surface area contributed by atoms with E-state index in [0.29, 0.717) is 35.6 Å². The Balaban J connectivity index is 1.52. The first-order valence-electron chi connectivity index (χ1n) is 12.3.